The zero-order chi connectivity index (χ0) is 32.6. The van der Waals surface area contributed by atoms with E-state index in [2.05, 4.69) is 31.5 Å². The lowest BCUT2D eigenvalue weighted by molar-refractivity contribution is -0.145. The molecule has 0 bridgehead atoms. The first-order valence-corrected chi connectivity index (χ1v) is 17.1. The number of fused-ring (bicyclic) bond motifs is 3. The van der Waals surface area contributed by atoms with E-state index >= 15 is 0 Å². The average Bonchev–Trinajstić information content (AvgIpc) is 3.32. The van der Waals surface area contributed by atoms with Crippen LogP contribution in [0.4, 0.5) is 18.9 Å². The number of benzene rings is 2. The van der Waals surface area contributed by atoms with Crippen molar-refractivity contribution >= 4 is 61.0 Å². The maximum atomic E-state index is 14.2. The summed E-state index contributed by atoms with van der Waals surface area (Å²) in [6, 6.07) is 8.38. The van der Waals surface area contributed by atoms with Crippen molar-refractivity contribution in [3.8, 4) is 5.19 Å². The van der Waals surface area contributed by atoms with E-state index < -0.39 is 53.2 Å². The lowest BCUT2D eigenvalue weighted by Gasteiger charge is -2.30. The lowest BCUT2D eigenvalue weighted by atomic mass is 10.0. The highest BCUT2D eigenvalue weighted by Gasteiger charge is 2.62. The molecule has 1 aliphatic carbocycles. The van der Waals surface area contributed by atoms with Gasteiger partial charge in [0.25, 0.3) is 5.19 Å². The Morgan fingerprint density at radius 1 is 1.11 bits per heavy atom. The second-order valence-corrected chi connectivity index (χ2v) is 14.3. The minimum atomic E-state index is -4.55. The van der Waals surface area contributed by atoms with Gasteiger partial charge in [-0.2, -0.15) is 13.2 Å². The number of rotatable bonds is 5. The minimum absolute atomic E-state index is 0.0286. The fourth-order valence-corrected chi connectivity index (χ4v) is 8.04. The van der Waals surface area contributed by atoms with E-state index in [0.29, 0.717) is 30.9 Å². The minimum Gasteiger partial charge on any atom is -0.479 e. The predicted octanol–water partition coefficient (Wildman–Crippen LogP) is 6.61. The summed E-state index contributed by atoms with van der Waals surface area (Å²) in [5.41, 5.74) is -1.33. The number of aromatic nitrogens is 1. The van der Waals surface area contributed by atoms with Gasteiger partial charge in [-0.25, -0.2) is 9.78 Å². The van der Waals surface area contributed by atoms with E-state index in [0.717, 1.165) is 52.5 Å². The smallest absolute Gasteiger partial charge is 0.416 e. The van der Waals surface area contributed by atoms with Crippen molar-refractivity contribution in [2.75, 3.05) is 11.9 Å². The molecule has 46 heavy (non-hydrogen) atoms. The zero-order valence-corrected chi connectivity index (χ0v) is 27.2. The molecule has 2 amide bonds. The molecule has 1 saturated carbocycles. The fourth-order valence-electron chi connectivity index (χ4n) is 6.61. The van der Waals surface area contributed by atoms with E-state index in [4.69, 9.17) is 4.74 Å². The van der Waals surface area contributed by atoms with Crippen LogP contribution in [0.25, 0.3) is 10.2 Å². The molecular formula is C32H34BrF3N4O5S. The number of carbonyl (C=O) groups excluding carboxylic acids is 2. The van der Waals surface area contributed by atoms with Crippen LogP contribution < -0.4 is 15.4 Å². The molecule has 246 valence electrons. The van der Waals surface area contributed by atoms with Gasteiger partial charge in [0, 0.05) is 16.6 Å². The Balaban J connectivity index is 1.29. The topological polar surface area (TPSA) is 121 Å². The Hall–Kier alpha value is -3.39. The standard InChI is InChI=1S/C32H34BrF3N4O5S/c33-20-11-12-23-26(14-20)46-30(38-23)45-22-15-25-27(41)39-31(29(43)44)16-19(31)7-4-2-1-3-5-10-24(28(42)40(25)17-22)37-21-9-6-8-18(13-21)32(34,35)36/h6,8-9,11-14,19,22,24-25,37H,1-5,7,10,15-17H2,(H,39,41)(H,43,44)/t19-,22-,24+,25+,31-/m1/s1. The molecule has 3 fully saturated rings. The first-order valence-electron chi connectivity index (χ1n) is 15.5. The molecule has 2 saturated heterocycles. The average molecular weight is 724 g/mol. The summed E-state index contributed by atoms with van der Waals surface area (Å²) in [7, 11) is 0. The van der Waals surface area contributed by atoms with Crippen molar-refractivity contribution < 1.29 is 37.4 Å². The van der Waals surface area contributed by atoms with Gasteiger partial charge in [0.1, 0.15) is 23.7 Å². The fraction of sp³-hybridized carbons (Fsp3) is 0.500. The number of ether oxygens (including phenoxy) is 1. The van der Waals surface area contributed by atoms with Crippen LogP contribution in [0.5, 0.6) is 5.19 Å². The second-order valence-electron chi connectivity index (χ2n) is 12.4. The number of carbonyl (C=O) groups is 3. The summed E-state index contributed by atoms with van der Waals surface area (Å²) >= 11 is 4.78. The van der Waals surface area contributed by atoms with Gasteiger partial charge in [-0.1, -0.05) is 65.4 Å². The highest BCUT2D eigenvalue weighted by atomic mass is 79.9. The molecule has 3 heterocycles. The normalized spacial score (nSPS) is 27.6. The maximum absolute atomic E-state index is 14.2. The number of carboxylic acid groups (broad SMARTS) is 1. The van der Waals surface area contributed by atoms with Crippen LogP contribution in [-0.4, -0.2) is 63.0 Å². The van der Waals surface area contributed by atoms with Crippen molar-refractivity contribution in [1.29, 1.82) is 0 Å². The first-order chi connectivity index (χ1) is 21.9. The van der Waals surface area contributed by atoms with E-state index in [1.807, 2.05) is 18.2 Å². The largest absolute Gasteiger partial charge is 0.479 e. The third-order valence-corrected chi connectivity index (χ3v) is 10.6. The van der Waals surface area contributed by atoms with E-state index in [-0.39, 0.29) is 24.6 Å². The molecule has 2 aromatic carbocycles. The van der Waals surface area contributed by atoms with Gasteiger partial charge in [0.2, 0.25) is 11.8 Å². The molecule has 14 heteroatoms. The van der Waals surface area contributed by atoms with Crippen LogP contribution in [0.1, 0.15) is 63.4 Å². The molecular weight excluding hydrogens is 689 g/mol. The Morgan fingerprint density at radius 3 is 2.63 bits per heavy atom. The molecule has 0 radical (unpaired) electrons. The third-order valence-electron chi connectivity index (χ3n) is 9.15. The summed E-state index contributed by atoms with van der Waals surface area (Å²) in [6.45, 7) is 0.0286. The van der Waals surface area contributed by atoms with E-state index in [1.54, 1.807) is 0 Å². The highest BCUT2D eigenvalue weighted by Crippen LogP contribution is 2.47. The van der Waals surface area contributed by atoms with Crippen LogP contribution in [0, 0.1) is 5.92 Å². The van der Waals surface area contributed by atoms with Gasteiger partial charge in [0.15, 0.2) is 0 Å². The van der Waals surface area contributed by atoms with Gasteiger partial charge in [-0.3, -0.25) is 9.59 Å². The van der Waals surface area contributed by atoms with Gasteiger partial charge in [0.05, 0.1) is 22.3 Å². The Labute approximate surface area is 276 Å². The van der Waals surface area contributed by atoms with Crippen LogP contribution >= 0.6 is 27.3 Å². The Kier molecular flexibility index (Phi) is 9.21. The number of nitrogens with zero attached hydrogens (tertiary/aromatic N) is 2. The molecule has 6 rings (SSSR count). The van der Waals surface area contributed by atoms with Crippen molar-refractivity contribution in [2.45, 2.75) is 87.7 Å². The van der Waals surface area contributed by atoms with Crippen molar-refractivity contribution in [3.05, 3.63) is 52.5 Å². The van der Waals surface area contributed by atoms with E-state index in [9.17, 15) is 32.7 Å². The third kappa shape index (κ3) is 6.97. The molecule has 3 aromatic rings. The lowest BCUT2D eigenvalue weighted by Crippen LogP contribution is -2.55. The molecule has 0 spiro atoms. The number of hydrogen-bond donors (Lipinski definition) is 3. The van der Waals surface area contributed by atoms with Gasteiger partial charge >= 0.3 is 12.1 Å². The number of hydrogen-bond acceptors (Lipinski definition) is 7. The number of amides is 2. The molecule has 2 aliphatic heterocycles. The number of thiazole rings is 1. The number of nitrogens with one attached hydrogen (secondary N) is 2. The number of aliphatic carboxylic acids is 1. The van der Waals surface area contributed by atoms with Gasteiger partial charge in [-0.15, -0.1) is 0 Å². The summed E-state index contributed by atoms with van der Waals surface area (Å²) in [5.74, 6) is -2.31. The summed E-state index contributed by atoms with van der Waals surface area (Å²) in [6.07, 6.45) is 0.338. The number of carboxylic acids is 1. The van der Waals surface area contributed by atoms with Crippen LogP contribution in [0.2, 0.25) is 0 Å². The van der Waals surface area contributed by atoms with Crippen LogP contribution in [-0.2, 0) is 20.6 Å². The van der Waals surface area contributed by atoms with Crippen molar-refractivity contribution in [3.63, 3.8) is 0 Å². The summed E-state index contributed by atoms with van der Waals surface area (Å²) < 4.78 is 48.4. The van der Waals surface area contributed by atoms with Gasteiger partial charge in [-0.05, 0) is 61.6 Å². The highest BCUT2D eigenvalue weighted by molar-refractivity contribution is 9.10. The van der Waals surface area contributed by atoms with E-state index in [1.165, 1.54) is 28.4 Å². The number of halogens is 4. The molecule has 3 aliphatic rings. The second kappa shape index (κ2) is 13.0. The number of anilines is 1. The van der Waals surface area contributed by atoms with Crippen LogP contribution in [0.15, 0.2) is 46.9 Å². The quantitative estimate of drug-likeness (QED) is 0.271. The SMILES string of the molecule is O=C1N[C@]2(C(=O)O)C[C@H]2CCCCCCC[C@H](Nc2cccc(C(F)(F)F)c2)C(=O)N2C[C@H](Oc3nc4ccc(Br)cc4s3)C[C@@H]12. The number of alkyl halides is 3. The Bertz CT molecular complexity index is 1640. The first kappa shape index (κ1) is 32.5. The molecule has 5 atom stereocenters. The van der Waals surface area contributed by atoms with Gasteiger partial charge < -0.3 is 25.4 Å². The van der Waals surface area contributed by atoms with Crippen molar-refractivity contribution in [1.82, 2.24) is 15.2 Å². The molecule has 3 N–H and O–H groups in total. The molecule has 9 nitrogen and oxygen atoms in total. The monoisotopic (exact) mass is 722 g/mol. The Morgan fingerprint density at radius 2 is 1.87 bits per heavy atom. The molecule has 0 unspecified atom stereocenters. The predicted molar refractivity (Wildman–Crippen MR) is 170 cm³/mol. The summed E-state index contributed by atoms with van der Waals surface area (Å²) in [4.78, 5) is 46.4. The van der Waals surface area contributed by atoms with Crippen LogP contribution in [0.3, 0.4) is 0 Å². The zero-order valence-electron chi connectivity index (χ0n) is 24.8. The van der Waals surface area contributed by atoms with Crippen molar-refractivity contribution in [2.24, 2.45) is 5.92 Å². The summed E-state index contributed by atoms with van der Waals surface area (Å²) in [5, 5.41) is 16.3. The molecule has 1 aromatic heterocycles. The maximum Gasteiger partial charge on any atom is 0.416 e.